The number of nitrogens with one attached hydrogen (secondary N) is 1. The number of aliphatic hydroxyl groups excluding tert-OH is 1. The number of halogens is 1. The average molecular weight is 226 g/mol. The number of rotatable bonds is 5. The first-order valence-electron chi connectivity index (χ1n) is 5.27. The van der Waals surface area contributed by atoms with Crippen molar-refractivity contribution in [3.63, 3.8) is 0 Å². The number of hydrogen-bond acceptors (Lipinski definition) is 3. The highest BCUT2D eigenvalue weighted by atomic mass is 19.1. The van der Waals surface area contributed by atoms with Crippen LogP contribution in [0.5, 0.6) is 0 Å². The lowest BCUT2D eigenvalue weighted by molar-refractivity contribution is 0.187. The molecule has 0 heterocycles. The fraction of sp³-hybridized carbons (Fsp3) is 0.500. The average Bonchev–Trinajstić information content (AvgIpc) is 2.29. The summed E-state index contributed by atoms with van der Waals surface area (Å²) in [6, 6.07) is 6.31. The van der Waals surface area contributed by atoms with Crippen molar-refractivity contribution in [2.24, 2.45) is 0 Å². The molecule has 16 heavy (non-hydrogen) atoms. The van der Waals surface area contributed by atoms with Gasteiger partial charge in [-0.2, -0.15) is 0 Å². The molecule has 0 aliphatic rings. The van der Waals surface area contributed by atoms with Crippen LogP contribution in [0.4, 0.5) is 10.1 Å². The van der Waals surface area contributed by atoms with Crippen LogP contribution in [0.3, 0.4) is 0 Å². The number of likely N-dealkylation sites (N-methyl/N-ethyl adjacent to an activating group) is 2. The van der Waals surface area contributed by atoms with Crippen molar-refractivity contribution in [3.8, 4) is 0 Å². The van der Waals surface area contributed by atoms with Gasteiger partial charge < -0.3 is 15.3 Å². The molecule has 0 saturated heterocycles. The van der Waals surface area contributed by atoms with Crippen molar-refractivity contribution in [3.05, 3.63) is 30.1 Å². The van der Waals surface area contributed by atoms with Gasteiger partial charge in [-0.05, 0) is 38.2 Å². The molecular weight excluding hydrogens is 207 g/mol. The quantitative estimate of drug-likeness (QED) is 0.792. The highest BCUT2D eigenvalue weighted by molar-refractivity contribution is 5.45. The molecular formula is C12H19FN2O. The van der Waals surface area contributed by atoms with E-state index in [0.29, 0.717) is 6.54 Å². The Bertz CT molecular complexity index is 322. The maximum atomic E-state index is 12.7. The van der Waals surface area contributed by atoms with Crippen LogP contribution in [0.2, 0.25) is 0 Å². The topological polar surface area (TPSA) is 35.5 Å². The van der Waals surface area contributed by atoms with Crippen molar-refractivity contribution >= 4 is 5.69 Å². The molecule has 0 aliphatic carbocycles. The Morgan fingerprint density at radius 1 is 1.38 bits per heavy atom. The molecule has 1 aromatic carbocycles. The summed E-state index contributed by atoms with van der Waals surface area (Å²) in [7, 11) is 3.73. The van der Waals surface area contributed by atoms with Gasteiger partial charge in [-0.3, -0.25) is 0 Å². The van der Waals surface area contributed by atoms with Crippen LogP contribution in [-0.4, -0.2) is 37.9 Å². The van der Waals surface area contributed by atoms with Gasteiger partial charge in [0.25, 0.3) is 0 Å². The van der Waals surface area contributed by atoms with Gasteiger partial charge in [0.05, 0.1) is 12.1 Å². The summed E-state index contributed by atoms with van der Waals surface area (Å²) in [5.74, 6) is -0.240. The van der Waals surface area contributed by atoms with Gasteiger partial charge in [-0.15, -0.1) is 0 Å². The molecule has 1 rings (SSSR count). The van der Waals surface area contributed by atoms with Gasteiger partial charge in [-0.1, -0.05) is 0 Å². The predicted molar refractivity (Wildman–Crippen MR) is 64.2 cm³/mol. The maximum absolute atomic E-state index is 12.7. The SMILES string of the molecule is CNC(C)(CO)CN(C)c1ccc(F)cc1. The van der Waals surface area contributed by atoms with Gasteiger partial charge in [-0.25, -0.2) is 4.39 Å². The number of hydrogen-bond donors (Lipinski definition) is 2. The minimum atomic E-state index is -0.358. The highest BCUT2D eigenvalue weighted by Crippen LogP contribution is 2.15. The zero-order chi connectivity index (χ0) is 12.2. The zero-order valence-electron chi connectivity index (χ0n) is 10.00. The van der Waals surface area contributed by atoms with E-state index in [1.54, 1.807) is 12.1 Å². The highest BCUT2D eigenvalue weighted by Gasteiger charge is 2.22. The second kappa shape index (κ2) is 5.27. The molecule has 4 heteroatoms. The summed E-state index contributed by atoms with van der Waals surface area (Å²) in [6.45, 7) is 2.63. The van der Waals surface area contributed by atoms with Crippen molar-refractivity contribution in [2.45, 2.75) is 12.5 Å². The zero-order valence-corrected chi connectivity index (χ0v) is 10.00. The summed E-state index contributed by atoms with van der Waals surface area (Å²) in [5, 5.41) is 12.4. The number of nitrogens with zero attached hydrogens (tertiary/aromatic N) is 1. The molecule has 0 radical (unpaired) electrons. The van der Waals surface area contributed by atoms with Gasteiger partial charge in [0.1, 0.15) is 5.82 Å². The summed E-state index contributed by atoms with van der Waals surface area (Å²) in [5.41, 5.74) is 0.569. The Hall–Kier alpha value is -1.13. The van der Waals surface area contributed by atoms with Gasteiger partial charge in [0.2, 0.25) is 0 Å². The molecule has 0 aliphatic heterocycles. The van der Waals surface area contributed by atoms with E-state index in [4.69, 9.17) is 0 Å². The third-order valence-electron chi connectivity index (χ3n) is 2.81. The van der Waals surface area contributed by atoms with Crippen LogP contribution in [0.1, 0.15) is 6.92 Å². The van der Waals surface area contributed by atoms with E-state index in [9.17, 15) is 9.50 Å². The Balaban J connectivity index is 2.71. The molecule has 90 valence electrons. The summed E-state index contributed by atoms with van der Waals surface area (Å²) in [6.07, 6.45) is 0. The van der Waals surface area contributed by atoms with Gasteiger partial charge >= 0.3 is 0 Å². The molecule has 0 spiro atoms. The Labute approximate surface area is 95.9 Å². The molecule has 0 aromatic heterocycles. The summed E-state index contributed by atoms with van der Waals surface area (Å²) in [4.78, 5) is 1.98. The second-order valence-corrected chi connectivity index (χ2v) is 4.30. The lowest BCUT2D eigenvalue weighted by atomic mass is 10.0. The molecule has 0 bridgehead atoms. The van der Waals surface area contributed by atoms with E-state index in [-0.39, 0.29) is 18.0 Å². The maximum Gasteiger partial charge on any atom is 0.123 e. The third kappa shape index (κ3) is 3.18. The van der Waals surface area contributed by atoms with Crippen molar-refractivity contribution in [1.29, 1.82) is 0 Å². The number of anilines is 1. The van der Waals surface area contributed by atoms with Crippen LogP contribution >= 0.6 is 0 Å². The normalized spacial score (nSPS) is 14.6. The van der Waals surface area contributed by atoms with Crippen LogP contribution in [-0.2, 0) is 0 Å². The fourth-order valence-corrected chi connectivity index (χ4v) is 1.52. The lowest BCUT2D eigenvalue weighted by Crippen LogP contribution is -2.51. The summed E-state index contributed by atoms with van der Waals surface area (Å²) < 4.78 is 12.7. The van der Waals surface area contributed by atoms with Gasteiger partial charge in [0, 0.05) is 19.3 Å². The van der Waals surface area contributed by atoms with Crippen LogP contribution in [0.25, 0.3) is 0 Å². The molecule has 3 nitrogen and oxygen atoms in total. The Morgan fingerprint density at radius 3 is 2.38 bits per heavy atom. The molecule has 1 unspecified atom stereocenters. The minimum Gasteiger partial charge on any atom is -0.394 e. The number of benzene rings is 1. The van der Waals surface area contributed by atoms with Gasteiger partial charge in [0.15, 0.2) is 0 Å². The molecule has 1 aromatic rings. The molecule has 2 N–H and O–H groups in total. The van der Waals surface area contributed by atoms with Crippen molar-refractivity contribution < 1.29 is 9.50 Å². The largest absolute Gasteiger partial charge is 0.394 e. The van der Waals surface area contributed by atoms with Crippen molar-refractivity contribution in [1.82, 2.24) is 5.32 Å². The van der Waals surface area contributed by atoms with Crippen LogP contribution in [0.15, 0.2) is 24.3 Å². The first-order valence-corrected chi connectivity index (χ1v) is 5.27. The first kappa shape index (κ1) is 12.9. The van der Waals surface area contributed by atoms with E-state index in [0.717, 1.165) is 5.69 Å². The first-order chi connectivity index (χ1) is 7.50. The Morgan fingerprint density at radius 2 is 1.94 bits per heavy atom. The van der Waals surface area contributed by atoms with Crippen molar-refractivity contribution in [2.75, 3.05) is 32.1 Å². The van der Waals surface area contributed by atoms with E-state index >= 15 is 0 Å². The molecule has 0 amide bonds. The minimum absolute atomic E-state index is 0.0506. The number of aliphatic hydroxyl groups is 1. The monoisotopic (exact) mass is 226 g/mol. The van der Waals surface area contributed by atoms with Crippen LogP contribution in [0, 0.1) is 5.82 Å². The van der Waals surface area contributed by atoms with E-state index in [1.807, 2.05) is 25.9 Å². The predicted octanol–water partition coefficient (Wildman–Crippen LogP) is 1.23. The lowest BCUT2D eigenvalue weighted by Gasteiger charge is -2.33. The smallest absolute Gasteiger partial charge is 0.123 e. The van der Waals surface area contributed by atoms with E-state index in [1.165, 1.54) is 12.1 Å². The van der Waals surface area contributed by atoms with E-state index in [2.05, 4.69) is 5.32 Å². The standard InChI is InChI=1S/C12H19FN2O/c1-12(9-16,14-2)8-15(3)11-6-4-10(13)5-7-11/h4-7,14,16H,8-9H2,1-3H3. The third-order valence-corrected chi connectivity index (χ3v) is 2.81. The van der Waals surface area contributed by atoms with E-state index < -0.39 is 0 Å². The molecule has 0 saturated carbocycles. The molecule has 1 atom stereocenters. The second-order valence-electron chi connectivity index (χ2n) is 4.30. The Kier molecular flexibility index (Phi) is 4.26. The van der Waals surface area contributed by atoms with Crippen LogP contribution < -0.4 is 10.2 Å². The summed E-state index contributed by atoms with van der Waals surface area (Å²) >= 11 is 0. The fourth-order valence-electron chi connectivity index (χ4n) is 1.52. The molecule has 0 fully saturated rings.